The molecule has 1 atom stereocenters. The van der Waals surface area contributed by atoms with Gasteiger partial charge in [0.15, 0.2) is 6.10 Å². The molecule has 172 valence electrons. The minimum atomic E-state index is -0.950. The number of carboxylic acids is 1. The molecule has 0 amide bonds. The minimum Gasteiger partial charge on any atom is -0.497 e. The molecule has 3 rings (SSSR count). The van der Waals surface area contributed by atoms with Crippen LogP contribution >= 0.6 is 0 Å². The summed E-state index contributed by atoms with van der Waals surface area (Å²) in [7, 11) is 1.67. The van der Waals surface area contributed by atoms with Crippen molar-refractivity contribution in [3.8, 4) is 22.6 Å². The first-order valence-electron chi connectivity index (χ1n) is 11.0. The van der Waals surface area contributed by atoms with Gasteiger partial charge in [0.1, 0.15) is 18.1 Å². The smallest absolute Gasteiger partial charge is 0.333 e. The Bertz CT molecular complexity index is 1070. The van der Waals surface area contributed by atoms with Gasteiger partial charge in [0.2, 0.25) is 0 Å². The molecule has 33 heavy (non-hydrogen) atoms. The van der Waals surface area contributed by atoms with E-state index < -0.39 is 12.1 Å². The van der Waals surface area contributed by atoms with Crippen molar-refractivity contribution in [2.45, 2.75) is 26.4 Å². The predicted molar refractivity (Wildman–Crippen MR) is 131 cm³/mol. The van der Waals surface area contributed by atoms with Crippen LogP contribution in [0.2, 0.25) is 0 Å². The van der Waals surface area contributed by atoms with Gasteiger partial charge in [0.25, 0.3) is 0 Å². The Morgan fingerprint density at radius 2 is 1.70 bits per heavy atom. The molecule has 0 aliphatic rings. The fraction of sp³-hybridized carbons (Fsp3) is 0.250. The molecule has 3 aromatic rings. The van der Waals surface area contributed by atoms with E-state index in [2.05, 4.69) is 37.3 Å². The number of allylic oxidation sites excluding steroid dienone is 1. The van der Waals surface area contributed by atoms with Crippen molar-refractivity contribution >= 4 is 11.5 Å². The molecule has 0 radical (unpaired) electrons. The van der Waals surface area contributed by atoms with Crippen molar-refractivity contribution in [1.29, 1.82) is 0 Å². The molecule has 0 saturated carbocycles. The number of carbonyl (C=O) groups is 1. The molecule has 3 aromatic carbocycles. The van der Waals surface area contributed by atoms with Crippen LogP contribution in [0.4, 0.5) is 0 Å². The van der Waals surface area contributed by atoms with Gasteiger partial charge in [0.05, 0.1) is 7.11 Å². The van der Waals surface area contributed by atoms with E-state index in [4.69, 9.17) is 14.2 Å². The van der Waals surface area contributed by atoms with E-state index in [0.717, 1.165) is 39.3 Å². The molecule has 1 N–H and O–H groups in total. The summed E-state index contributed by atoms with van der Waals surface area (Å²) in [6.07, 6.45) is 1.54. The van der Waals surface area contributed by atoms with E-state index in [0.29, 0.717) is 19.6 Å². The summed E-state index contributed by atoms with van der Waals surface area (Å²) < 4.78 is 16.4. The topological polar surface area (TPSA) is 65.0 Å². The normalized spacial score (nSPS) is 12.3. The molecular weight excluding hydrogens is 416 g/mol. The summed E-state index contributed by atoms with van der Waals surface area (Å²) in [5.74, 6) is 0.627. The van der Waals surface area contributed by atoms with Crippen molar-refractivity contribution in [3.05, 3.63) is 90.0 Å². The van der Waals surface area contributed by atoms with Crippen LogP contribution in [0.5, 0.6) is 11.5 Å². The molecule has 0 aliphatic carbocycles. The Balaban J connectivity index is 1.56. The van der Waals surface area contributed by atoms with Crippen molar-refractivity contribution in [1.82, 2.24) is 0 Å². The van der Waals surface area contributed by atoms with Crippen LogP contribution in [-0.2, 0) is 16.0 Å². The van der Waals surface area contributed by atoms with E-state index in [9.17, 15) is 9.90 Å². The third-order valence-electron chi connectivity index (χ3n) is 5.37. The molecule has 5 nitrogen and oxygen atoms in total. The lowest BCUT2D eigenvalue weighted by Gasteiger charge is -2.12. The maximum atomic E-state index is 11.2. The van der Waals surface area contributed by atoms with E-state index in [1.54, 1.807) is 14.0 Å². The highest BCUT2D eigenvalue weighted by molar-refractivity contribution is 5.73. The zero-order valence-electron chi connectivity index (χ0n) is 19.3. The van der Waals surface area contributed by atoms with E-state index in [1.165, 1.54) is 0 Å². The second-order valence-electron chi connectivity index (χ2n) is 7.64. The van der Waals surface area contributed by atoms with Gasteiger partial charge in [-0.05, 0) is 72.0 Å². The van der Waals surface area contributed by atoms with Crippen molar-refractivity contribution in [2.75, 3.05) is 20.3 Å². The Kier molecular flexibility index (Phi) is 8.67. The zero-order valence-corrected chi connectivity index (χ0v) is 19.3. The van der Waals surface area contributed by atoms with Crippen LogP contribution < -0.4 is 9.47 Å². The summed E-state index contributed by atoms with van der Waals surface area (Å²) in [6.45, 7) is 4.66. The third kappa shape index (κ3) is 6.96. The minimum absolute atomic E-state index is 0.328. The molecule has 5 heteroatoms. The molecule has 0 saturated heterocycles. The Labute approximate surface area is 195 Å². The second-order valence-corrected chi connectivity index (χ2v) is 7.64. The quantitative estimate of drug-likeness (QED) is 0.399. The van der Waals surface area contributed by atoms with Crippen molar-refractivity contribution < 1.29 is 24.1 Å². The van der Waals surface area contributed by atoms with E-state index >= 15 is 0 Å². The highest BCUT2D eigenvalue weighted by Crippen LogP contribution is 2.25. The second kappa shape index (κ2) is 11.9. The monoisotopic (exact) mass is 446 g/mol. The summed E-state index contributed by atoms with van der Waals surface area (Å²) >= 11 is 0. The van der Waals surface area contributed by atoms with Gasteiger partial charge in [-0.1, -0.05) is 48.5 Å². The Hall–Kier alpha value is -3.57. The third-order valence-corrected chi connectivity index (χ3v) is 5.37. The number of aliphatic carboxylic acids is 1. The van der Waals surface area contributed by atoms with Crippen molar-refractivity contribution in [3.63, 3.8) is 0 Å². The van der Waals surface area contributed by atoms with Gasteiger partial charge in [-0.15, -0.1) is 0 Å². The fourth-order valence-corrected chi connectivity index (χ4v) is 3.46. The lowest BCUT2D eigenvalue weighted by Crippen LogP contribution is -2.26. The van der Waals surface area contributed by atoms with Gasteiger partial charge in [-0.25, -0.2) is 4.79 Å². The molecular formula is C28H30O5. The molecule has 0 bridgehead atoms. The fourth-order valence-electron chi connectivity index (χ4n) is 3.46. The summed E-state index contributed by atoms with van der Waals surface area (Å²) in [5.41, 5.74) is 5.41. The molecule has 0 heterocycles. The largest absolute Gasteiger partial charge is 0.497 e. The number of ether oxygens (including phenoxy) is 3. The molecule has 0 aliphatic heterocycles. The highest BCUT2D eigenvalue weighted by Gasteiger charge is 2.17. The zero-order chi connectivity index (χ0) is 23.6. The number of hydrogen-bond acceptors (Lipinski definition) is 4. The number of rotatable bonds is 11. The maximum Gasteiger partial charge on any atom is 0.333 e. The first-order valence-corrected chi connectivity index (χ1v) is 11.0. The summed E-state index contributed by atoms with van der Waals surface area (Å²) in [6, 6.07) is 23.9. The Morgan fingerprint density at radius 1 is 0.970 bits per heavy atom. The standard InChI is InChI=1S/C28H30O5/c1-4-32-27(28(29)30)18-21-8-14-25(15-9-21)33-17-16-20(2)22-10-12-23(13-11-22)24-6-5-7-26(19-24)31-3/h5-16,19,27H,4,17-18H2,1-3H3,(H,29,30)/b20-16+. The van der Waals surface area contributed by atoms with Crippen LogP contribution in [-0.4, -0.2) is 37.5 Å². The summed E-state index contributed by atoms with van der Waals surface area (Å²) in [5, 5.41) is 9.22. The number of benzene rings is 3. The lowest BCUT2D eigenvalue weighted by atomic mass is 10.0. The van der Waals surface area contributed by atoms with Crippen LogP contribution in [0.1, 0.15) is 25.0 Å². The van der Waals surface area contributed by atoms with Gasteiger partial charge in [-0.2, -0.15) is 0 Å². The SMILES string of the molecule is CCOC(Cc1ccc(OC/C=C(\C)c2ccc(-c3cccc(OC)c3)cc2)cc1)C(=O)O. The van der Waals surface area contributed by atoms with Crippen LogP contribution in [0.25, 0.3) is 16.7 Å². The summed E-state index contributed by atoms with van der Waals surface area (Å²) in [4.78, 5) is 11.2. The number of carboxylic acid groups (broad SMARTS) is 1. The predicted octanol–water partition coefficient (Wildman–Crippen LogP) is 5.88. The average molecular weight is 447 g/mol. The highest BCUT2D eigenvalue weighted by atomic mass is 16.5. The number of methoxy groups -OCH3 is 1. The van der Waals surface area contributed by atoms with Crippen molar-refractivity contribution in [2.24, 2.45) is 0 Å². The molecule has 0 fully saturated rings. The number of hydrogen-bond donors (Lipinski definition) is 1. The van der Waals surface area contributed by atoms with Crippen LogP contribution in [0.15, 0.2) is 78.9 Å². The van der Waals surface area contributed by atoms with E-state index in [1.807, 2.05) is 48.5 Å². The molecule has 1 unspecified atom stereocenters. The first-order chi connectivity index (χ1) is 16.0. The van der Waals surface area contributed by atoms with Gasteiger partial charge < -0.3 is 19.3 Å². The molecule has 0 aromatic heterocycles. The van der Waals surface area contributed by atoms with E-state index in [-0.39, 0.29) is 0 Å². The van der Waals surface area contributed by atoms with Gasteiger partial charge in [-0.3, -0.25) is 0 Å². The molecule has 0 spiro atoms. The van der Waals surface area contributed by atoms with Gasteiger partial charge in [0, 0.05) is 13.0 Å². The van der Waals surface area contributed by atoms with Crippen LogP contribution in [0.3, 0.4) is 0 Å². The first kappa shape index (κ1) is 24.1. The maximum absolute atomic E-state index is 11.2. The lowest BCUT2D eigenvalue weighted by molar-refractivity contribution is -0.149. The Morgan fingerprint density at radius 3 is 2.33 bits per heavy atom. The van der Waals surface area contributed by atoms with Gasteiger partial charge >= 0.3 is 5.97 Å². The average Bonchev–Trinajstić information content (AvgIpc) is 2.84. The van der Waals surface area contributed by atoms with Crippen LogP contribution in [0, 0.1) is 0 Å².